The van der Waals surface area contributed by atoms with Crippen LogP contribution in [0.1, 0.15) is 25.3 Å². The number of unbranched alkanes of at least 4 members (excludes halogenated alkanes) is 1. The van der Waals surface area contributed by atoms with Crippen molar-refractivity contribution in [2.45, 2.75) is 26.3 Å². The van der Waals surface area contributed by atoms with Gasteiger partial charge in [0.25, 0.3) is 0 Å². The Balaban J connectivity index is 1.98. The Bertz CT molecular complexity index is 1210. The fourth-order valence-corrected chi connectivity index (χ4v) is 3.56. The molecule has 2 aromatic heterocycles. The van der Waals surface area contributed by atoms with Gasteiger partial charge < -0.3 is 11.1 Å². The highest BCUT2D eigenvalue weighted by Gasteiger charge is 2.17. The molecule has 0 fully saturated rings. The van der Waals surface area contributed by atoms with Gasteiger partial charge in [0.05, 0.1) is 22.9 Å². The van der Waals surface area contributed by atoms with Crippen LogP contribution in [0, 0.1) is 11.6 Å². The Kier molecular flexibility index (Phi) is 5.34. The van der Waals surface area contributed by atoms with Gasteiger partial charge in [-0.3, -0.25) is 4.40 Å². The molecule has 4 rings (SSSR count). The van der Waals surface area contributed by atoms with Crippen LogP contribution < -0.4 is 11.1 Å². The average Bonchev–Trinajstić information content (AvgIpc) is 3.15. The first-order valence-corrected chi connectivity index (χ1v) is 9.80. The number of hydrogen-bond acceptors (Lipinski definition) is 4. The van der Waals surface area contributed by atoms with Crippen LogP contribution in [0.2, 0.25) is 5.02 Å². The molecular weight excluding hydrogens is 396 g/mol. The summed E-state index contributed by atoms with van der Waals surface area (Å²) in [5.74, 6) is -1.36. The highest BCUT2D eigenvalue weighted by molar-refractivity contribution is 6.31. The van der Waals surface area contributed by atoms with Gasteiger partial charge in [0.15, 0.2) is 23.1 Å². The third-order valence-corrected chi connectivity index (χ3v) is 5.21. The fraction of sp³-hybridized carbons (Fsp3) is 0.238. The molecule has 8 heteroatoms. The molecule has 0 bridgehead atoms. The van der Waals surface area contributed by atoms with E-state index in [2.05, 4.69) is 22.2 Å². The maximum absolute atomic E-state index is 14.0. The highest BCUT2D eigenvalue weighted by atomic mass is 35.5. The predicted octanol–water partition coefficient (Wildman–Crippen LogP) is 5.15. The molecule has 0 saturated heterocycles. The van der Waals surface area contributed by atoms with Gasteiger partial charge in [-0.1, -0.05) is 37.1 Å². The van der Waals surface area contributed by atoms with E-state index in [1.807, 2.05) is 12.1 Å². The monoisotopic (exact) mass is 415 g/mol. The van der Waals surface area contributed by atoms with Crippen LogP contribution >= 0.6 is 11.6 Å². The summed E-state index contributed by atoms with van der Waals surface area (Å²) in [6.45, 7) is 3.12. The molecule has 4 aromatic rings. The number of fused-ring (bicyclic) bond motifs is 3. The zero-order valence-corrected chi connectivity index (χ0v) is 16.6. The van der Waals surface area contributed by atoms with E-state index in [0.717, 1.165) is 36.1 Å². The summed E-state index contributed by atoms with van der Waals surface area (Å²) in [6.07, 6.45) is 3.65. The largest absolute Gasteiger partial charge is 0.367 e. The third-order valence-electron chi connectivity index (χ3n) is 4.86. The minimum Gasteiger partial charge on any atom is -0.367 e. The van der Waals surface area contributed by atoms with Gasteiger partial charge in [-0.15, -0.1) is 0 Å². The molecule has 2 heterocycles. The van der Waals surface area contributed by atoms with Crippen molar-refractivity contribution in [2.24, 2.45) is 5.73 Å². The molecule has 0 aliphatic carbocycles. The Morgan fingerprint density at radius 2 is 1.97 bits per heavy atom. The van der Waals surface area contributed by atoms with Crippen molar-refractivity contribution in [3.63, 3.8) is 0 Å². The van der Waals surface area contributed by atoms with E-state index >= 15 is 0 Å². The second-order valence-corrected chi connectivity index (χ2v) is 7.22. The molecule has 0 aliphatic heterocycles. The summed E-state index contributed by atoms with van der Waals surface area (Å²) in [4.78, 5) is 8.99. The predicted molar refractivity (Wildman–Crippen MR) is 112 cm³/mol. The van der Waals surface area contributed by atoms with E-state index in [1.165, 1.54) is 0 Å². The molecule has 150 valence electrons. The van der Waals surface area contributed by atoms with E-state index in [9.17, 15) is 8.78 Å². The van der Waals surface area contributed by atoms with Crippen molar-refractivity contribution >= 4 is 34.1 Å². The summed E-state index contributed by atoms with van der Waals surface area (Å²) in [6, 6.07) is 7.77. The highest BCUT2D eigenvalue weighted by Crippen LogP contribution is 2.31. The van der Waals surface area contributed by atoms with Gasteiger partial charge in [-0.05, 0) is 18.1 Å². The minimum atomic E-state index is -0.944. The third kappa shape index (κ3) is 3.52. The van der Waals surface area contributed by atoms with Crippen molar-refractivity contribution in [3.05, 3.63) is 58.7 Å². The Hall–Kier alpha value is -2.77. The van der Waals surface area contributed by atoms with Crippen LogP contribution in [-0.2, 0) is 6.54 Å². The van der Waals surface area contributed by atoms with E-state index in [0.29, 0.717) is 46.3 Å². The molecule has 0 atom stereocenters. The van der Waals surface area contributed by atoms with E-state index in [1.54, 1.807) is 16.7 Å². The Labute approximate surface area is 171 Å². The first kappa shape index (κ1) is 19.5. The van der Waals surface area contributed by atoms with Gasteiger partial charge >= 0.3 is 0 Å². The smallest absolute Gasteiger partial charge is 0.181 e. The first-order chi connectivity index (χ1) is 14.0. The van der Waals surface area contributed by atoms with Crippen molar-refractivity contribution in [1.82, 2.24) is 14.4 Å². The number of rotatable bonds is 6. The van der Waals surface area contributed by atoms with Crippen LogP contribution in [0.15, 0.2) is 36.5 Å². The number of nitrogens with two attached hydrogens (primary N) is 1. The van der Waals surface area contributed by atoms with Crippen molar-refractivity contribution < 1.29 is 8.78 Å². The zero-order valence-electron chi connectivity index (χ0n) is 15.8. The topological polar surface area (TPSA) is 68.2 Å². The molecule has 3 N–H and O–H groups in total. The number of benzene rings is 2. The van der Waals surface area contributed by atoms with Gasteiger partial charge in [-0.25, -0.2) is 18.7 Å². The number of aromatic nitrogens is 3. The molecular formula is C21H20ClF2N5. The maximum atomic E-state index is 14.0. The molecule has 0 saturated carbocycles. The maximum Gasteiger partial charge on any atom is 0.181 e. The normalized spacial score (nSPS) is 11.5. The van der Waals surface area contributed by atoms with E-state index in [-0.39, 0.29) is 0 Å². The fourth-order valence-electron chi connectivity index (χ4n) is 3.31. The van der Waals surface area contributed by atoms with Crippen LogP contribution in [-0.4, -0.2) is 20.9 Å². The minimum absolute atomic E-state index is 0.328. The molecule has 0 unspecified atom stereocenters. The molecule has 0 radical (unpaired) electrons. The number of halogens is 3. The number of nitrogens with zero attached hydrogens (tertiary/aromatic N) is 3. The quantitative estimate of drug-likeness (QED) is 0.427. The molecule has 5 nitrogen and oxygen atoms in total. The number of nitrogens with one attached hydrogen (secondary N) is 1. The summed E-state index contributed by atoms with van der Waals surface area (Å²) in [5.41, 5.74) is 9.30. The van der Waals surface area contributed by atoms with Gasteiger partial charge in [0.1, 0.15) is 0 Å². The molecule has 2 aromatic carbocycles. The number of imidazole rings is 1. The SMILES string of the molecule is CCCCNc1nc2cc(F)c(F)cc2n2c(-c3ccc(CN)c(Cl)c3)cnc12. The zero-order chi connectivity index (χ0) is 20.5. The second-order valence-electron chi connectivity index (χ2n) is 6.81. The molecule has 0 aliphatic rings. The first-order valence-electron chi connectivity index (χ1n) is 9.42. The number of hydrogen-bond donors (Lipinski definition) is 2. The lowest BCUT2D eigenvalue weighted by Gasteiger charge is -2.12. The van der Waals surface area contributed by atoms with Crippen molar-refractivity contribution in [2.75, 3.05) is 11.9 Å². The van der Waals surface area contributed by atoms with Gasteiger partial charge in [0.2, 0.25) is 0 Å². The van der Waals surface area contributed by atoms with Gasteiger partial charge in [-0.2, -0.15) is 0 Å². The Morgan fingerprint density at radius 1 is 1.17 bits per heavy atom. The lowest BCUT2D eigenvalue weighted by atomic mass is 10.1. The second kappa shape index (κ2) is 7.93. The van der Waals surface area contributed by atoms with Crippen LogP contribution in [0.25, 0.3) is 27.9 Å². The summed E-state index contributed by atoms with van der Waals surface area (Å²) in [7, 11) is 0. The Morgan fingerprint density at radius 3 is 2.69 bits per heavy atom. The van der Waals surface area contributed by atoms with Crippen molar-refractivity contribution in [1.29, 1.82) is 0 Å². The standard InChI is InChI=1S/C21H20ClF2N5/c1-2-3-6-26-20-21-27-11-19(12-4-5-13(10-25)14(22)7-12)29(21)18-9-16(24)15(23)8-17(18)28-20/h4-5,7-9,11H,2-3,6,10,25H2,1H3,(H,26,28). The lowest BCUT2D eigenvalue weighted by Crippen LogP contribution is -2.07. The molecule has 29 heavy (non-hydrogen) atoms. The average molecular weight is 416 g/mol. The van der Waals surface area contributed by atoms with E-state index in [4.69, 9.17) is 17.3 Å². The lowest BCUT2D eigenvalue weighted by molar-refractivity contribution is 0.510. The number of anilines is 1. The summed E-state index contributed by atoms with van der Waals surface area (Å²) >= 11 is 6.33. The summed E-state index contributed by atoms with van der Waals surface area (Å²) < 4.78 is 29.7. The van der Waals surface area contributed by atoms with Crippen LogP contribution in [0.3, 0.4) is 0 Å². The van der Waals surface area contributed by atoms with Crippen LogP contribution in [0.4, 0.5) is 14.6 Å². The van der Waals surface area contributed by atoms with Crippen LogP contribution in [0.5, 0.6) is 0 Å². The summed E-state index contributed by atoms with van der Waals surface area (Å²) in [5, 5.41) is 3.79. The molecule has 0 amide bonds. The van der Waals surface area contributed by atoms with E-state index < -0.39 is 11.6 Å². The van der Waals surface area contributed by atoms with Gasteiger partial charge in [0, 0.05) is 35.8 Å². The van der Waals surface area contributed by atoms with Crippen molar-refractivity contribution in [3.8, 4) is 11.3 Å². The molecule has 0 spiro atoms.